The molecular formula is C17H21N5O2S3. The quantitative estimate of drug-likeness (QED) is 0.428. The molecule has 0 radical (unpaired) electrons. The molecule has 7 nitrogen and oxygen atoms in total. The van der Waals surface area contributed by atoms with Crippen LogP contribution in [0.5, 0.6) is 0 Å². The Labute approximate surface area is 170 Å². The number of sulfonamides is 1. The molecule has 0 heterocycles. The normalized spacial score (nSPS) is 10.9. The number of hydrogen-bond donors (Lipinski definition) is 4. The van der Waals surface area contributed by atoms with E-state index in [-0.39, 0.29) is 10.0 Å². The first-order valence-electron chi connectivity index (χ1n) is 7.96. The van der Waals surface area contributed by atoms with Gasteiger partial charge in [-0.15, -0.1) is 0 Å². The average Bonchev–Trinajstić information content (AvgIpc) is 2.65. The number of hydrogen-bond acceptors (Lipinski definition) is 4. The predicted molar refractivity (Wildman–Crippen MR) is 116 cm³/mol. The zero-order valence-corrected chi connectivity index (χ0v) is 17.3. The van der Waals surface area contributed by atoms with Gasteiger partial charge >= 0.3 is 0 Å². The summed E-state index contributed by atoms with van der Waals surface area (Å²) in [5, 5.41) is 6.58. The maximum atomic E-state index is 12.2. The Morgan fingerprint density at radius 1 is 0.963 bits per heavy atom. The molecule has 144 valence electrons. The molecule has 0 aliphatic carbocycles. The molecule has 0 unspecified atom stereocenters. The van der Waals surface area contributed by atoms with E-state index in [0.29, 0.717) is 17.3 Å². The van der Waals surface area contributed by atoms with E-state index in [1.54, 1.807) is 12.1 Å². The van der Waals surface area contributed by atoms with Crippen molar-refractivity contribution in [3.05, 3.63) is 60.2 Å². The largest absolute Gasteiger partial charge is 0.357 e. The van der Waals surface area contributed by atoms with Crippen molar-refractivity contribution >= 4 is 50.4 Å². The SMILES string of the molecule is CN(C)S(=O)(=O)c1cccc(NC(=S)NNC(=S)NCc2ccccc2)c1. The minimum absolute atomic E-state index is 0.174. The van der Waals surface area contributed by atoms with Crippen molar-refractivity contribution < 1.29 is 8.42 Å². The first-order valence-corrected chi connectivity index (χ1v) is 10.2. The highest BCUT2D eigenvalue weighted by molar-refractivity contribution is 7.89. The number of anilines is 1. The van der Waals surface area contributed by atoms with E-state index in [0.717, 1.165) is 9.87 Å². The minimum atomic E-state index is -3.51. The summed E-state index contributed by atoms with van der Waals surface area (Å²) >= 11 is 10.4. The molecule has 0 aromatic heterocycles. The van der Waals surface area contributed by atoms with Crippen LogP contribution in [-0.2, 0) is 16.6 Å². The molecule has 0 saturated heterocycles. The van der Waals surface area contributed by atoms with Crippen LogP contribution in [0.2, 0.25) is 0 Å². The van der Waals surface area contributed by atoms with Crippen LogP contribution in [0.15, 0.2) is 59.5 Å². The van der Waals surface area contributed by atoms with E-state index < -0.39 is 10.0 Å². The predicted octanol–water partition coefficient (Wildman–Crippen LogP) is 1.80. The third-order valence-corrected chi connectivity index (χ3v) is 5.72. The summed E-state index contributed by atoms with van der Waals surface area (Å²) in [7, 11) is -0.549. The molecule has 2 aromatic rings. The van der Waals surface area contributed by atoms with Gasteiger partial charge in [0.15, 0.2) is 10.2 Å². The molecule has 0 aliphatic heterocycles. The second-order valence-electron chi connectivity index (χ2n) is 5.69. The van der Waals surface area contributed by atoms with Gasteiger partial charge in [0, 0.05) is 26.3 Å². The van der Waals surface area contributed by atoms with Gasteiger partial charge < -0.3 is 10.6 Å². The smallest absolute Gasteiger partial charge is 0.242 e. The van der Waals surface area contributed by atoms with Crippen LogP contribution >= 0.6 is 24.4 Å². The van der Waals surface area contributed by atoms with E-state index in [1.165, 1.54) is 26.2 Å². The van der Waals surface area contributed by atoms with Crippen molar-refractivity contribution in [3.8, 4) is 0 Å². The van der Waals surface area contributed by atoms with Crippen molar-refractivity contribution in [1.82, 2.24) is 20.5 Å². The highest BCUT2D eigenvalue weighted by Crippen LogP contribution is 2.17. The topological polar surface area (TPSA) is 85.5 Å². The van der Waals surface area contributed by atoms with Gasteiger partial charge in [-0.1, -0.05) is 36.4 Å². The van der Waals surface area contributed by atoms with Crippen molar-refractivity contribution in [2.45, 2.75) is 11.4 Å². The maximum Gasteiger partial charge on any atom is 0.242 e. The monoisotopic (exact) mass is 423 g/mol. The number of nitrogens with zero attached hydrogens (tertiary/aromatic N) is 1. The Morgan fingerprint density at radius 2 is 1.63 bits per heavy atom. The zero-order valence-electron chi connectivity index (χ0n) is 14.9. The molecule has 0 aliphatic rings. The van der Waals surface area contributed by atoms with Crippen LogP contribution in [0.4, 0.5) is 5.69 Å². The lowest BCUT2D eigenvalue weighted by molar-refractivity contribution is 0.521. The van der Waals surface area contributed by atoms with Gasteiger partial charge in [-0.05, 0) is 48.2 Å². The Balaban J connectivity index is 1.84. The Kier molecular flexibility index (Phi) is 7.48. The first kappa shape index (κ1) is 21.0. The molecular weight excluding hydrogens is 402 g/mol. The lowest BCUT2D eigenvalue weighted by Crippen LogP contribution is -2.47. The molecule has 0 spiro atoms. The van der Waals surface area contributed by atoms with Gasteiger partial charge in [0.05, 0.1) is 4.90 Å². The van der Waals surface area contributed by atoms with Gasteiger partial charge in [0.2, 0.25) is 10.0 Å². The maximum absolute atomic E-state index is 12.2. The fraction of sp³-hybridized carbons (Fsp3) is 0.176. The third kappa shape index (κ3) is 6.43. The van der Waals surface area contributed by atoms with Crippen molar-refractivity contribution in [1.29, 1.82) is 0 Å². The van der Waals surface area contributed by atoms with Gasteiger partial charge in [0.1, 0.15) is 0 Å². The van der Waals surface area contributed by atoms with Gasteiger partial charge in [-0.25, -0.2) is 12.7 Å². The summed E-state index contributed by atoms with van der Waals surface area (Å²) in [5.74, 6) is 0. The zero-order chi connectivity index (χ0) is 19.9. The molecule has 2 rings (SSSR count). The molecule has 0 bridgehead atoms. The van der Waals surface area contributed by atoms with Crippen molar-refractivity contribution in [2.75, 3.05) is 19.4 Å². The molecule has 4 N–H and O–H groups in total. The van der Waals surface area contributed by atoms with E-state index in [2.05, 4.69) is 21.5 Å². The van der Waals surface area contributed by atoms with Crippen molar-refractivity contribution in [2.24, 2.45) is 0 Å². The average molecular weight is 424 g/mol. The molecule has 2 aromatic carbocycles. The summed E-state index contributed by atoms with van der Waals surface area (Å²) < 4.78 is 25.5. The Bertz CT molecular complexity index is 902. The summed E-state index contributed by atoms with van der Waals surface area (Å²) in [4.78, 5) is 0.174. The van der Waals surface area contributed by atoms with Crippen LogP contribution < -0.4 is 21.5 Å². The van der Waals surface area contributed by atoms with E-state index in [1.807, 2.05) is 30.3 Å². The third-order valence-electron chi connectivity index (χ3n) is 3.46. The Morgan fingerprint density at radius 3 is 2.30 bits per heavy atom. The molecule has 0 saturated carbocycles. The van der Waals surface area contributed by atoms with E-state index >= 15 is 0 Å². The highest BCUT2D eigenvalue weighted by Gasteiger charge is 2.17. The summed E-state index contributed by atoms with van der Waals surface area (Å²) in [5.41, 5.74) is 7.17. The van der Waals surface area contributed by atoms with Crippen LogP contribution in [0.25, 0.3) is 0 Å². The fourth-order valence-corrected chi connectivity index (χ4v) is 3.28. The van der Waals surface area contributed by atoms with Crippen LogP contribution in [0.1, 0.15) is 5.56 Å². The molecule has 27 heavy (non-hydrogen) atoms. The van der Waals surface area contributed by atoms with Crippen LogP contribution in [0.3, 0.4) is 0 Å². The summed E-state index contributed by atoms with van der Waals surface area (Å²) in [6.45, 7) is 0.582. The highest BCUT2D eigenvalue weighted by atomic mass is 32.2. The fourth-order valence-electron chi connectivity index (χ4n) is 2.04. The number of hydrazine groups is 1. The summed E-state index contributed by atoms with van der Waals surface area (Å²) in [6.07, 6.45) is 0. The second-order valence-corrected chi connectivity index (χ2v) is 8.66. The van der Waals surface area contributed by atoms with E-state index in [4.69, 9.17) is 24.4 Å². The number of thiocarbonyl (C=S) groups is 2. The molecule has 0 amide bonds. The molecule has 10 heteroatoms. The van der Waals surface area contributed by atoms with Crippen molar-refractivity contribution in [3.63, 3.8) is 0 Å². The van der Waals surface area contributed by atoms with Gasteiger partial charge in [-0.2, -0.15) is 0 Å². The number of nitrogens with one attached hydrogen (secondary N) is 4. The lowest BCUT2D eigenvalue weighted by atomic mass is 10.2. The van der Waals surface area contributed by atoms with Gasteiger partial charge in [-0.3, -0.25) is 10.9 Å². The minimum Gasteiger partial charge on any atom is -0.357 e. The molecule has 0 atom stereocenters. The summed E-state index contributed by atoms with van der Waals surface area (Å²) in [6, 6.07) is 16.2. The number of benzene rings is 2. The van der Waals surface area contributed by atoms with Gasteiger partial charge in [0.25, 0.3) is 0 Å². The van der Waals surface area contributed by atoms with Crippen LogP contribution in [-0.4, -0.2) is 37.0 Å². The lowest BCUT2D eigenvalue weighted by Gasteiger charge is -2.15. The first-order chi connectivity index (χ1) is 12.8. The standard InChI is InChI=1S/C17H21N5O2S3/c1-22(2)27(23,24)15-10-6-9-14(11-15)19-17(26)21-20-16(25)18-12-13-7-4-3-5-8-13/h3-11H,12H2,1-2H3,(H2,18,20,25)(H2,19,21,26). The van der Waals surface area contributed by atoms with E-state index in [9.17, 15) is 8.42 Å². The number of rotatable bonds is 5. The molecule has 0 fully saturated rings. The Hall–Kier alpha value is -2.27. The second kappa shape index (κ2) is 9.60. The van der Waals surface area contributed by atoms with Crippen LogP contribution in [0, 0.1) is 0 Å².